The zero-order chi connectivity index (χ0) is 32.3. The summed E-state index contributed by atoms with van der Waals surface area (Å²) in [6.07, 6.45) is 1.80. The lowest BCUT2D eigenvalue weighted by Gasteiger charge is -2.38. The predicted molar refractivity (Wildman–Crippen MR) is 186 cm³/mol. The standard InChI is InChI=1S/C34H48N8O2Si/c1-23(2)45(24(3)4,25(5)6)18-13-26-19-31(42-29(22-44-8)20-36-34(42)43)38-32-30(26)21-35-33(39-32)37-27-9-11-28(12-10-27)41-16-14-40(7)15-17-41/h9-12,19,21,23-25,29H,14-17,20,22H2,1-8H3,(H,36,43)(H,35,37,38,39)/t29-/m0/s1. The van der Waals surface area contributed by atoms with Crippen molar-refractivity contribution in [1.82, 2.24) is 25.2 Å². The van der Waals surface area contributed by atoms with Crippen LogP contribution in [0.4, 0.5) is 27.9 Å². The van der Waals surface area contributed by atoms with E-state index in [2.05, 4.69) is 110 Å². The van der Waals surface area contributed by atoms with Crippen molar-refractivity contribution in [2.75, 3.05) is 68.6 Å². The summed E-state index contributed by atoms with van der Waals surface area (Å²) in [6, 6.07) is 9.91. The van der Waals surface area contributed by atoms with Gasteiger partial charge in [-0.05, 0) is 54.0 Å². The van der Waals surface area contributed by atoms with Gasteiger partial charge in [-0.3, -0.25) is 4.90 Å². The Morgan fingerprint density at radius 3 is 2.31 bits per heavy atom. The quantitative estimate of drug-likeness (QED) is 0.232. The second kappa shape index (κ2) is 13.7. The fraction of sp³-hybridized carbons (Fsp3) is 0.529. The van der Waals surface area contributed by atoms with E-state index >= 15 is 0 Å². The molecular weight excluding hydrogens is 581 g/mol. The fourth-order valence-electron chi connectivity index (χ4n) is 7.01. The first-order valence-electron chi connectivity index (χ1n) is 16.1. The average Bonchev–Trinajstić information content (AvgIpc) is 3.37. The summed E-state index contributed by atoms with van der Waals surface area (Å²) in [5.74, 6) is 4.53. The molecule has 2 N–H and O–H groups in total. The molecule has 2 saturated heterocycles. The summed E-state index contributed by atoms with van der Waals surface area (Å²) in [6.45, 7) is 18.9. The van der Waals surface area contributed by atoms with Crippen molar-refractivity contribution in [2.45, 2.75) is 64.2 Å². The van der Waals surface area contributed by atoms with Crippen LogP contribution in [-0.4, -0.2) is 93.5 Å². The fourth-order valence-corrected chi connectivity index (χ4v) is 12.2. The molecule has 240 valence electrons. The van der Waals surface area contributed by atoms with Crippen LogP contribution >= 0.6 is 0 Å². The van der Waals surface area contributed by atoms with Crippen LogP contribution in [-0.2, 0) is 4.74 Å². The molecule has 4 heterocycles. The minimum Gasteiger partial charge on any atom is -0.382 e. The number of aromatic nitrogens is 3. The Labute approximate surface area is 269 Å². The zero-order valence-corrected chi connectivity index (χ0v) is 29.0. The van der Waals surface area contributed by atoms with Crippen LogP contribution in [0.3, 0.4) is 0 Å². The second-order valence-corrected chi connectivity index (χ2v) is 18.8. The van der Waals surface area contributed by atoms with Crippen LogP contribution < -0.4 is 20.4 Å². The van der Waals surface area contributed by atoms with Crippen molar-refractivity contribution in [3.8, 4) is 11.5 Å². The van der Waals surface area contributed by atoms with Crippen molar-refractivity contribution >= 4 is 48.3 Å². The van der Waals surface area contributed by atoms with Crippen LogP contribution in [0.25, 0.3) is 11.0 Å². The molecule has 11 heteroatoms. The van der Waals surface area contributed by atoms with Crippen molar-refractivity contribution in [3.63, 3.8) is 0 Å². The first kappa shape index (κ1) is 32.7. The zero-order valence-electron chi connectivity index (χ0n) is 28.0. The number of nitrogens with one attached hydrogen (secondary N) is 2. The lowest BCUT2D eigenvalue weighted by atomic mass is 10.1. The molecule has 0 aliphatic carbocycles. The van der Waals surface area contributed by atoms with Crippen LogP contribution in [0, 0.1) is 11.5 Å². The van der Waals surface area contributed by atoms with Gasteiger partial charge in [-0.15, -0.1) is 5.54 Å². The van der Waals surface area contributed by atoms with Gasteiger partial charge in [0.1, 0.15) is 13.9 Å². The van der Waals surface area contributed by atoms with E-state index in [4.69, 9.17) is 14.7 Å². The van der Waals surface area contributed by atoms with Crippen molar-refractivity contribution in [3.05, 3.63) is 42.1 Å². The van der Waals surface area contributed by atoms with Gasteiger partial charge < -0.3 is 25.2 Å². The third-order valence-electron chi connectivity index (χ3n) is 9.50. The van der Waals surface area contributed by atoms with Gasteiger partial charge in [0, 0.05) is 63.0 Å². The van der Waals surface area contributed by atoms with Crippen LogP contribution in [0.1, 0.15) is 47.1 Å². The van der Waals surface area contributed by atoms with E-state index in [0.29, 0.717) is 47.2 Å². The van der Waals surface area contributed by atoms with E-state index in [1.165, 1.54) is 5.69 Å². The van der Waals surface area contributed by atoms with Gasteiger partial charge >= 0.3 is 6.03 Å². The van der Waals surface area contributed by atoms with E-state index in [9.17, 15) is 4.79 Å². The topological polar surface area (TPSA) is 98.7 Å². The molecule has 5 rings (SSSR count). The number of pyridine rings is 1. The van der Waals surface area contributed by atoms with Gasteiger partial charge in [-0.1, -0.05) is 47.5 Å². The van der Waals surface area contributed by atoms with Crippen LogP contribution in [0.5, 0.6) is 0 Å². The largest absolute Gasteiger partial charge is 0.382 e. The van der Waals surface area contributed by atoms with Crippen LogP contribution in [0.15, 0.2) is 36.5 Å². The molecule has 45 heavy (non-hydrogen) atoms. The first-order valence-corrected chi connectivity index (χ1v) is 18.3. The number of urea groups is 1. The third kappa shape index (κ3) is 6.78. The third-order valence-corrected chi connectivity index (χ3v) is 15.8. The molecule has 2 fully saturated rings. The minimum absolute atomic E-state index is 0.179. The maximum Gasteiger partial charge on any atom is 0.323 e. The Hall–Kier alpha value is -3.72. The predicted octanol–water partition coefficient (Wildman–Crippen LogP) is 5.63. The molecule has 1 atom stereocenters. The number of likely N-dealkylation sites (N-methyl/N-ethyl adjacent to an activating group) is 1. The monoisotopic (exact) mass is 628 g/mol. The number of methoxy groups -OCH3 is 1. The highest BCUT2D eigenvalue weighted by atomic mass is 28.3. The Morgan fingerprint density at radius 2 is 1.69 bits per heavy atom. The Balaban J connectivity index is 1.53. The van der Waals surface area contributed by atoms with Gasteiger partial charge in [-0.25, -0.2) is 14.8 Å². The molecule has 2 aliphatic rings. The maximum atomic E-state index is 13.0. The molecule has 10 nitrogen and oxygen atoms in total. The number of carbonyl (C=O) groups is 1. The van der Waals surface area contributed by atoms with Gasteiger partial charge in [0.15, 0.2) is 5.65 Å². The summed E-state index contributed by atoms with van der Waals surface area (Å²) in [5.41, 5.74) is 8.68. The molecular formula is C34H48N8O2Si. The summed E-state index contributed by atoms with van der Waals surface area (Å²) < 4.78 is 5.43. The Kier molecular flexibility index (Phi) is 9.96. The molecule has 3 aromatic rings. The van der Waals surface area contributed by atoms with E-state index in [1.54, 1.807) is 18.2 Å². The minimum atomic E-state index is -2.02. The molecule has 0 unspecified atom stereocenters. The number of amides is 2. The molecule has 2 aliphatic heterocycles. The smallest absolute Gasteiger partial charge is 0.323 e. The SMILES string of the molecule is COC[C@@H]1CNC(=O)N1c1cc(C#C[Si](C(C)C)(C(C)C)C(C)C)c2cnc(Nc3ccc(N4CCN(C)CC4)cc3)nc2n1. The molecule has 0 radical (unpaired) electrons. The van der Waals surface area contributed by atoms with Crippen molar-refractivity contribution < 1.29 is 9.53 Å². The molecule has 2 aromatic heterocycles. The number of hydrogen-bond donors (Lipinski definition) is 2. The first-order chi connectivity index (χ1) is 21.5. The molecule has 2 amide bonds. The number of hydrogen-bond acceptors (Lipinski definition) is 8. The highest BCUT2D eigenvalue weighted by Crippen LogP contribution is 2.41. The Morgan fingerprint density at radius 1 is 1.02 bits per heavy atom. The number of ether oxygens (including phenoxy) is 1. The number of benzene rings is 1. The van der Waals surface area contributed by atoms with E-state index in [1.807, 2.05) is 6.07 Å². The van der Waals surface area contributed by atoms with Crippen molar-refractivity contribution in [2.24, 2.45) is 0 Å². The van der Waals surface area contributed by atoms with Gasteiger partial charge in [0.2, 0.25) is 5.95 Å². The van der Waals surface area contributed by atoms with Gasteiger partial charge in [-0.2, -0.15) is 4.98 Å². The number of fused-ring (bicyclic) bond motifs is 1. The van der Waals surface area contributed by atoms with Gasteiger partial charge in [0.25, 0.3) is 0 Å². The lowest BCUT2D eigenvalue weighted by Crippen LogP contribution is -2.44. The molecule has 0 bridgehead atoms. The molecule has 0 saturated carbocycles. The number of nitrogens with zero attached hydrogens (tertiary/aromatic N) is 6. The highest BCUT2D eigenvalue weighted by molar-refractivity contribution is 6.90. The summed E-state index contributed by atoms with van der Waals surface area (Å²) in [7, 11) is 1.78. The lowest BCUT2D eigenvalue weighted by molar-refractivity contribution is 0.183. The molecule has 1 aromatic carbocycles. The maximum absolute atomic E-state index is 13.0. The highest BCUT2D eigenvalue weighted by Gasteiger charge is 2.42. The summed E-state index contributed by atoms with van der Waals surface area (Å²) >= 11 is 0. The Bertz CT molecular complexity index is 1540. The van der Waals surface area contributed by atoms with E-state index in [-0.39, 0.29) is 12.1 Å². The number of piperazine rings is 1. The van der Waals surface area contributed by atoms with E-state index < -0.39 is 8.07 Å². The van der Waals surface area contributed by atoms with Gasteiger partial charge in [0.05, 0.1) is 18.0 Å². The van der Waals surface area contributed by atoms with Crippen molar-refractivity contribution in [1.29, 1.82) is 0 Å². The number of anilines is 4. The second-order valence-electron chi connectivity index (χ2n) is 13.2. The number of carbonyl (C=O) groups excluding carboxylic acids is 1. The summed E-state index contributed by atoms with van der Waals surface area (Å²) in [4.78, 5) is 33.8. The molecule has 0 spiro atoms. The van der Waals surface area contributed by atoms with Crippen LogP contribution in [0.2, 0.25) is 16.6 Å². The summed E-state index contributed by atoms with van der Waals surface area (Å²) in [5, 5.41) is 7.05. The van der Waals surface area contributed by atoms with E-state index in [0.717, 1.165) is 42.8 Å². The average molecular weight is 629 g/mol. The number of rotatable bonds is 9. The normalized spacial score (nSPS) is 17.8.